The molecule has 1 aliphatic heterocycles. The Morgan fingerprint density at radius 1 is 0.323 bits per heavy atom. The van der Waals surface area contributed by atoms with E-state index in [0.717, 1.165) is 0 Å². The fraction of sp³-hybridized carbons (Fsp3) is 0. The van der Waals surface area contributed by atoms with Gasteiger partial charge >= 0.3 is 0 Å². The third kappa shape index (κ3) is 3.19. The van der Waals surface area contributed by atoms with E-state index in [-0.39, 0.29) is 0 Å². The molecule has 1 heteroatoms. The van der Waals surface area contributed by atoms with E-state index < -0.39 is 0 Å². The molecule has 0 radical (unpaired) electrons. The first-order valence-electron chi connectivity index (χ1n) is 10.5. The average Bonchev–Trinajstić information content (AvgIpc) is 2.84. The largest absolute Gasteiger partial charge is 0.0888 e. The van der Waals surface area contributed by atoms with Crippen LogP contribution in [-0.4, -0.2) is 0 Å². The molecule has 0 aromatic heterocycles. The number of fused-ring (bicyclic) bond motifs is 10. The van der Waals surface area contributed by atoms with Crippen LogP contribution in [0.3, 0.4) is 0 Å². The molecule has 0 amide bonds. The smallest absolute Gasteiger partial charge is 0.0201 e. The van der Waals surface area contributed by atoms with Crippen LogP contribution in [-0.2, 0) is 0 Å². The molecule has 6 rings (SSSR count). The zero-order valence-electron chi connectivity index (χ0n) is 17.0. The van der Waals surface area contributed by atoms with Gasteiger partial charge in [-0.15, -0.1) is 0 Å². The maximum Gasteiger partial charge on any atom is 0.0201 e. The molecular formula is C30H20S. The Balaban J connectivity index is 1.74. The van der Waals surface area contributed by atoms with Gasteiger partial charge in [0.1, 0.15) is 0 Å². The second kappa shape index (κ2) is 7.61. The highest BCUT2D eigenvalue weighted by atomic mass is 32.2. The molecule has 0 nitrogen and oxygen atoms in total. The SMILES string of the molecule is c1cc2cc(c1)-c1ccccc1-c1ccccc1Sc1ccccc1-c1ccccc1-2. The van der Waals surface area contributed by atoms with E-state index in [9.17, 15) is 0 Å². The van der Waals surface area contributed by atoms with Gasteiger partial charge in [0.25, 0.3) is 0 Å². The average molecular weight is 413 g/mol. The van der Waals surface area contributed by atoms with Crippen LogP contribution in [0.4, 0.5) is 0 Å². The third-order valence-electron chi connectivity index (χ3n) is 5.91. The van der Waals surface area contributed by atoms with Gasteiger partial charge in [-0.25, -0.2) is 0 Å². The van der Waals surface area contributed by atoms with Crippen molar-refractivity contribution in [1.82, 2.24) is 0 Å². The Kier molecular flexibility index (Phi) is 4.48. The molecule has 31 heavy (non-hydrogen) atoms. The molecule has 5 aromatic rings. The van der Waals surface area contributed by atoms with Gasteiger partial charge in [0.2, 0.25) is 0 Å². The van der Waals surface area contributed by atoms with Crippen LogP contribution in [0.1, 0.15) is 0 Å². The van der Waals surface area contributed by atoms with Crippen LogP contribution >= 0.6 is 11.8 Å². The first-order chi connectivity index (χ1) is 15.4. The van der Waals surface area contributed by atoms with E-state index in [4.69, 9.17) is 0 Å². The van der Waals surface area contributed by atoms with Gasteiger partial charge < -0.3 is 0 Å². The summed E-state index contributed by atoms with van der Waals surface area (Å²) in [5, 5.41) is 0. The molecule has 1 aliphatic rings. The summed E-state index contributed by atoms with van der Waals surface area (Å²) in [7, 11) is 0. The van der Waals surface area contributed by atoms with Crippen LogP contribution < -0.4 is 0 Å². The van der Waals surface area contributed by atoms with Crippen molar-refractivity contribution in [3.8, 4) is 44.5 Å². The lowest BCUT2D eigenvalue weighted by Crippen LogP contribution is -1.92. The quantitative estimate of drug-likeness (QED) is 0.240. The van der Waals surface area contributed by atoms with E-state index in [0.29, 0.717) is 0 Å². The predicted octanol–water partition coefficient (Wildman–Crippen LogP) is 8.82. The highest BCUT2D eigenvalue weighted by Crippen LogP contribution is 2.45. The zero-order chi connectivity index (χ0) is 20.6. The molecule has 0 fully saturated rings. The zero-order valence-corrected chi connectivity index (χ0v) is 17.8. The molecule has 2 bridgehead atoms. The van der Waals surface area contributed by atoms with Crippen molar-refractivity contribution in [2.45, 2.75) is 9.79 Å². The summed E-state index contributed by atoms with van der Waals surface area (Å²) >= 11 is 1.85. The van der Waals surface area contributed by atoms with Gasteiger partial charge in [-0.2, -0.15) is 0 Å². The number of hydrogen-bond acceptors (Lipinski definition) is 1. The molecule has 0 saturated carbocycles. The van der Waals surface area contributed by atoms with E-state index in [2.05, 4.69) is 121 Å². The van der Waals surface area contributed by atoms with Crippen molar-refractivity contribution < 1.29 is 0 Å². The topological polar surface area (TPSA) is 0 Å². The van der Waals surface area contributed by atoms with Gasteiger partial charge in [0.05, 0.1) is 0 Å². The number of benzene rings is 5. The first kappa shape index (κ1) is 18.2. The van der Waals surface area contributed by atoms with Crippen molar-refractivity contribution in [3.63, 3.8) is 0 Å². The Morgan fingerprint density at radius 3 is 1.19 bits per heavy atom. The molecule has 0 atom stereocenters. The molecule has 0 unspecified atom stereocenters. The molecule has 0 aliphatic carbocycles. The summed E-state index contributed by atoms with van der Waals surface area (Å²) in [6.45, 7) is 0. The Hall–Kier alpha value is -3.55. The van der Waals surface area contributed by atoms with Crippen LogP contribution in [0.2, 0.25) is 0 Å². The van der Waals surface area contributed by atoms with E-state index >= 15 is 0 Å². The van der Waals surface area contributed by atoms with E-state index in [1.165, 1.54) is 54.3 Å². The summed E-state index contributed by atoms with van der Waals surface area (Å²) < 4.78 is 0. The van der Waals surface area contributed by atoms with Gasteiger partial charge in [0.15, 0.2) is 0 Å². The first-order valence-corrected chi connectivity index (χ1v) is 11.4. The maximum atomic E-state index is 2.33. The fourth-order valence-electron chi connectivity index (χ4n) is 4.47. The summed E-state index contributed by atoms with van der Waals surface area (Å²) in [5.74, 6) is 0. The summed E-state index contributed by atoms with van der Waals surface area (Å²) in [4.78, 5) is 2.55. The monoisotopic (exact) mass is 412 g/mol. The molecular weight excluding hydrogens is 392 g/mol. The summed E-state index contributed by atoms with van der Waals surface area (Å²) in [6.07, 6.45) is 0. The van der Waals surface area contributed by atoms with Gasteiger partial charge in [-0.05, 0) is 62.7 Å². The Morgan fingerprint density at radius 2 is 0.710 bits per heavy atom. The standard InChI is InChI=1S/C30H20S/c1-3-14-25-23(12-1)21-10-9-11-22(20-21)24-13-2-4-15-26(24)28-17-6-8-19-30(28)31-29-18-7-5-16-27(25)29/h1-20H. The van der Waals surface area contributed by atoms with Crippen molar-refractivity contribution in [2.75, 3.05) is 0 Å². The summed E-state index contributed by atoms with van der Waals surface area (Å²) in [5.41, 5.74) is 10.1. The summed E-state index contributed by atoms with van der Waals surface area (Å²) in [6, 6.07) is 44.0. The highest BCUT2D eigenvalue weighted by Gasteiger charge is 2.17. The normalized spacial score (nSPS) is 11.7. The van der Waals surface area contributed by atoms with Gasteiger partial charge in [-0.1, -0.05) is 115 Å². The van der Waals surface area contributed by atoms with Crippen LogP contribution in [0, 0.1) is 0 Å². The predicted molar refractivity (Wildman–Crippen MR) is 132 cm³/mol. The van der Waals surface area contributed by atoms with Crippen molar-refractivity contribution in [1.29, 1.82) is 0 Å². The van der Waals surface area contributed by atoms with Crippen molar-refractivity contribution >= 4 is 11.8 Å². The molecule has 5 aromatic carbocycles. The second-order valence-electron chi connectivity index (χ2n) is 7.77. The lowest BCUT2D eigenvalue weighted by atomic mass is 9.90. The number of hydrogen-bond donors (Lipinski definition) is 0. The van der Waals surface area contributed by atoms with Gasteiger partial charge in [0, 0.05) is 9.79 Å². The third-order valence-corrected chi connectivity index (χ3v) is 7.06. The molecule has 0 N–H and O–H groups in total. The van der Waals surface area contributed by atoms with E-state index in [1.807, 2.05) is 11.8 Å². The van der Waals surface area contributed by atoms with Crippen LogP contribution in [0.5, 0.6) is 0 Å². The maximum absolute atomic E-state index is 2.33. The van der Waals surface area contributed by atoms with Crippen LogP contribution in [0.25, 0.3) is 44.5 Å². The highest BCUT2D eigenvalue weighted by molar-refractivity contribution is 7.99. The van der Waals surface area contributed by atoms with Gasteiger partial charge in [-0.3, -0.25) is 0 Å². The fourth-order valence-corrected chi connectivity index (χ4v) is 5.57. The van der Waals surface area contributed by atoms with Crippen LogP contribution in [0.15, 0.2) is 131 Å². The van der Waals surface area contributed by atoms with Crippen molar-refractivity contribution in [3.05, 3.63) is 121 Å². The Bertz CT molecular complexity index is 1310. The lowest BCUT2D eigenvalue weighted by Gasteiger charge is -2.19. The number of rotatable bonds is 0. The molecule has 1 heterocycles. The Labute approximate surface area is 187 Å². The van der Waals surface area contributed by atoms with E-state index in [1.54, 1.807) is 0 Å². The molecule has 146 valence electrons. The molecule has 0 spiro atoms. The lowest BCUT2D eigenvalue weighted by molar-refractivity contribution is 1.39. The minimum absolute atomic E-state index is 1.25. The van der Waals surface area contributed by atoms with Crippen molar-refractivity contribution in [2.24, 2.45) is 0 Å². The molecule has 0 saturated heterocycles. The second-order valence-corrected chi connectivity index (χ2v) is 8.85. The minimum Gasteiger partial charge on any atom is -0.0888 e. The minimum atomic E-state index is 1.25.